The summed E-state index contributed by atoms with van der Waals surface area (Å²) >= 11 is 3.09. The van der Waals surface area contributed by atoms with Gasteiger partial charge in [-0.3, -0.25) is 9.59 Å². The van der Waals surface area contributed by atoms with E-state index in [-0.39, 0.29) is 11.3 Å². The summed E-state index contributed by atoms with van der Waals surface area (Å²) in [7, 11) is 0. The van der Waals surface area contributed by atoms with Crippen molar-refractivity contribution >= 4 is 39.3 Å². The smallest absolute Gasteiger partial charge is 0.341 e. The van der Waals surface area contributed by atoms with Crippen molar-refractivity contribution in [2.75, 3.05) is 5.32 Å². The van der Waals surface area contributed by atoms with Crippen molar-refractivity contribution < 1.29 is 23.5 Å². The average Bonchev–Trinajstić information content (AvgIpc) is 2.54. The number of rotatable bonds is 5. The Morgan fingerprint density at radius 2 is 1.80 bits per heavy atom. The molecule has 0 aliphatic rings. The molecular formula is C18H15BrFNO4. The fourth-order valence-corrected chi connectivity index (χ4v) is 2.40. The molecule has 2 aromatic rings. The second-order valence-corrected chi connectivity index (χ2v) is 6.18. The van der Waals surface area contributed by atoms with Crippen LogP contribution in [0.5, 0.6) is 0 Å². The van der Waals surface area contributed by atoms with Crippen molar-refractivity contribution in [3.8, 4) is 0 Å². The summed E-state index contributed by atoms with van der Waals surface area (Å²) in [4.78, 5) is 35.8. The molecule has 0 aliphatic heterocycles. The lowest BCUT2D eigenvalue weighted by Gasteiger charge is -2.15. The van der Waals surface area contributed by atoms with E-state index in [4.69, 9.17) is 4.74 Å². The Labute approximate surface area is 152 Å². The first-order valence-corrected chi connectivity index (χ1v) is 8.15. The van der Waals surface area contributed by atoms with Crippen LogP contribution < -0.4 is 5.32 Å². The van der Waals surface area contributed by atoms with E-state index in [0.29, 0.717) is 15.7 Å². The van der Waals surface area contributed by atoms with Gasteiger partial charge in [0.15, 0.2) is 11.9 Å². The molecule has 0 bridgehead atoms. The Balaban J connectivity index is 2.08. The van der Waals surface area contributed by atoms with Crippen LogP contribution in [0.4, 0.5) is 10.1 Å². The minimum Gasteiger partial charge on any atom is -0.449 e. The van der Waals surface area contributed by atoms with Crippen molar-refractivity contribution in [2.24, 2.45) is 0 Å². The van der Waals surface area contributed by atoms with Gasteiger partial charge in [0.05, 0.1) is 11.3 Å². The quantitative estimate of drug-likeness (QED) is 0.600. The minimum absolute atomic E-state index is 0.211. The summed E-state index contributed by atoms with van der Waals surface area (Å²) < 4.78 is 19.3. The van der Waals surface area contributed by atoms with E-state index in [1.807, 2.05) is 0 Å². The number of para-hydroxylation sites is 1. The number of Topliss-reactive ketones (excluding diaryl/α,β-unsaturated/α-hetero) is 1. The molecule has 0 aliphatic carbocycles. The summed E-state index contributed by atoms with van der Waals surface area (Å²) in [6.45, 7) is 2.74. The van der Waals surface area contributed by atoms with Gasteiger partial charge in [-0.15, -0.1) is 0 Å². The Hall–Kier alpha value is -2.54. The van der Waals surface area contributed by atoms with Gasteiger partial charge in [0.25, 0.3) is 5.91 Å². The van der Waals surface area contributed by atoms with E-state index < -0.39 is 23.8 Å². The van der Waals surface area contributed by atoms with E-state index in [9.17, 15) is 18.8 Å². The summed E-state index contributed by atoms with van der Waals surface area (Å²) in [5, 5.41) is 2.53. The maximum Gasteiger partial charge on any atom is 0.341 e. The third kappa shape index (κ3) is 4.73. The second-order valence-electron chi connectivity index (χ2n) is 5.26. The molecule has 0 saturated heterocycles. The van der Waals surface area contributed by atoms with Crippen LogP contribution in [0.2, 0.25) is 0 Å². The molecule has 0 spiro atoms. The van der Waals surface area contributed by atoms with Gasteiger partial charge >= 0.3 is 5.97 Å². The normalized spacial score (nSPS) is 11.5. The van der Waals surface area contributed by atoms with Gasteiger partial charge in [-0.2, -0.15) is 0 Å². The topological polar surface area (TPSA) is 72.5 Å². The number of carbonyl (C=O) groups is 3. The number of ether oxygens (including phenoxy) is 1. The molecule has 0 unspecified atom stereocenters. The van der Waals surface area contributed by atoms with E-state index in [1.165, 1.54) is 26.0 Å². The fraction of sp³-hybridized carbons (Fsp3) is 0.167. The van der Waals surface area contributed by atoms with E-state index in [1.54, 1.807) is 24.3 Å². The lowest BCUT2D eigenvalue weighted by molar-refractivity contribution is -0.123. The second kappa shape index (κ2) is 8.02. The van der Waals surface area contributed by atoms with E-state index in [0.717, 1.165) is 6.07 Å². The summed E-state index contributed by atoms with van der Waals surface area (Å²) in [5.41, 5.74) is 0.387. The molecule has 0 radical (unpaired) electrons. The molecule has 1 amide bonds. The molecule has 1 atom stereocenters. The number of halogens is 2. The highest BCUT2D eigenvalue weighted by Crippen LogP contribution is 2.18. The molecule has 0 fully saturated rings. The van der Waals surface area contributed by atoms with Crippen LogP contribution in [0.25, 0.3) is 0 Å². The molecule has 2 aromatic carbocycles. The highest BCUT2D eigenvalue weighted by atomic mass is 79.9. The highest BCUT2D eigenvalue weighted by molar-refractivity contribution is 9.10. The van der Waals surface area contributed by atoms with Gasteiger partial charge in [-0.1, -0.05) is 28.1 Å². The van der Waals surface area contributed by atoms with Crippen LogP contribution in [0.3, 0.4) is 0 Å². The maximum absolute atomic E-state index is 13.8. The summed E-state index contributed by atoms with van der Waals surface area (Å²) in [5.74, 6) is -2.54. The molecule has 5 nitrogen and oxygen atoms in total. The first kappa shape index (κ1) is 18.8. The Kier molecular flexibility index (Phi) is 6.03. The number of nitrogens with one attached hydrogen (secondary N) is 1. The van der Waals surface area contributed by atoms with Gasteiger partial charge < -0.3 is 10.1 Å². The van der Waals surface area contributed by atoms with E-state index >= 15 is 0 Å². The number of hydrogen-bond donors (Lipinski definition) is 1. The van der Waals surface area contributed by atoms with Crippen molar-refractivity contribution in [2.45, 2.75) is 20.0 Å². The van der Waals surface area contributed by atoms with Gasteiger partial charge in [-0.25, -0.2) is 9.18 Å². The predicted molar refractivity (Wildman–Crippen MR) is 94.1 cm³/mol. The van der Waals surface area contributed by atoms with E-state index in [2.05, 4.69) is 21.2 Å². The van der Waals surface area contributed by atoms with Gasteiger partial charge in [-0.05, 0) is 44.2 Å². The molecule has 0 heterocycles. The molecule has 0 saturated carbocycles. The zero-order valence-corrected chi connectivity index (χ0v) is 15.1. The first-order valence-electron chi connectivity index (χ1n) is 7.36. The first-order chi connectivity index (χ1) is 11.8. The molecule has 2 rings (SSSR count). The third-order valence-electron chi connectivity index (χ3n) is 3.37. The monoisotopic (exact) mass is 407 g/mol. The number of benzene rings is 2. The summed E-state index contributed by atoms with van der Waals surface area (Å²) in [6, 6.07) is 10.4. The third-order valence-corrected chi connectivity index (χ3v) is 3.86. The Morgan fingerprint density at radius 1 is 1.12 bits per heavy atom. The van der Waals surface area contributed by atoms with Crippen molar-refractivity contribution in [1.82, 2.24) is 0 Å². The van der Waals surface area contributed by atoms with Crippen molar-refractivity contribution in [1.29, 1.82) is 0 Å². The van der Waals surface area contributed by atoms with Crippen LogP contribution >= 0.6 is 15.9 Å². The molecule has 0 aromatic heterocycles. The fourth-order valence-electron chi connectivity index (χ4n) is 2.07. The van der Waals surface area contributed by atoms with Crippen LogP contribution in [-0.4, -0.2) is 23.8 Å². The largest absolute Gasteiger partial charge is 0.449 e. The van der Waals surface area contributed by atoms with Crippen molar-refractivity contribution in [3.63, 3.8) is 0 Å². The number of anilines is 1. The molecule has 1 N–H and O–H groups in total. The molecule has 7 heteroatoms. The predicted octanol–water partition coefficient (Wildman–Crippen LogP) is 3.97. The Morgan fingerprint density at radius 3 is 2.44 bits per heavy atom. The lowest BCUT2D eigenvalue weighted by Crippen LogP contribution is -2.30. The SMILES string of the molecule is CC(=O)c1ccccc1NC(=O)[C@H](C)OC(=O)c1ccc(Br)cc1F. The number of amides is 1. The lowest BCUT2D eigenvalue weighted by atomic mass is 10.1. The molecular weight excluding hydrogens is 393 g/mol. The average molecular weight is 408 g/mol. The number of esters is 1. The number of carbonyl (C=O) groups excluding carboxylic acids is 3. The van der Waals surface area contributed by atoms with Gasteiger partial charge in [0.2, 0.25) is 0 Å². The number of ketones is 1. The van der Waals surface area contributed by atoms with Crippen molar-refractivity contribution in [3.05, 3.63) is 63.9 Å². The van der Waals surface area contributed by atoms with Crippen LogP contribution in [0.15, 0.2) is 46.9 Å². The van der Waals surface area contributed by atoms with Crippen LogP contribution in [-0.2, 0) is 9.53 Å². The molecule has 130 valence electrons. The maximum atomic E-state index is 13.8. The Bertz CT molecular complexity index is 838. The zero-order valence-electron chi connectivity index (χ0n) is 13.5. The number of hydrogen-bond acceptors (Lipinski definition) is 4. The van der Waals surface area contributed by atoms with Crippen LogP contribution in [0.1, 0.15) is 34.6 Å². The molecule has 25 heavy (non-hydrogen) atoms. The van der Waals surface area contributed by atoms with Gasteiger partial charge in [0.1, 0.15) is 5.82 Å². The summed E-state index contributed by atoms with van der Waals surface area (Å²) in [6.07, 6.45) is -1.17. The standard InChI is InChI=1S/C18H15BrFNO4/c1-10(22)13-5-3-4-6-16(13)21-17(23)11(2)25-18(24)14-8-7-12(19)9-15(14)20/h3-9,11H,1-2H3,(H,21,23)/t11-/m0/s1. The van der Waals surface area contributed by atoms with Crippen LogP contribution in [0, 0.1) is 5.82 Å². The van der Waals surface area contributed by atoms with Gasteiger partial charge in [0, 0.05) is 10.0 Å². The highest BCUT2D eigenvalue weighted by Gasteiger charge is 2.22. The zero-order chi connectivity index (χ0) is 18.6. The minimum atomic E-state index is -1.17.